The maximum atomic E-state index is 13.0. The first kappa shape index (κ1) is 20.7. The summed E-state index contributed by atoms with van der Waals surface area (Å²) in [5.74, 6) is 1.71. The smallest absolute Gasteiger partial charge is 0.227 e. The van der Waals surface area contributed by atoms with E-state index in [1.54, 1.807) is 19.2 Å². The standard InChI is InChI=1S/C24H23FN2O4/c1-15-11-18(8-9-20(15)31-23-10-7-17(25)14-26-23)27-24(28)16-12-19(13-16)30-22-6-4-3-5-21(22)29-2/h3-11,14,16,19H,12-13H2,1-2H3,(H,27,28). The van der Waals surface area contributed by atoms with Gasteiger partial charge in [0.25, 0.3) is 0 Å². The molecule has 1 aliphatic carbocycles. The molecule has 2 aromatic carbocycles. The van der Waals surface area contributed by atoms with Gasteiger partial charge in [0.2, 0.25) is 11.8 Å². The van der Waals surface area contributed by atoms with Crippen molar-refractivity contribution in [3.63, 3.8) is 0 Å². The number of carbonyl (C=O) groups is 1. The van der Waals surface area contributed by atoms with Gasteiger partial charge in [0, 0.05) is 17.7 Å². The molecule has 3 aromatic rings. The monoisotopic (exact) mass is 422 g/mol. The summed E-state index contributed by atoms with van der Waals surface area (Å²) >= 11 is 0. The third-order valence-electron chi connectivity index (χ3n) is 5.19. The molecule has 1 N–H and O–H groups in total. The van der Waals surface area contributed by atoms with Crippen molar-refractivity contribution in [2.45, 2.75) is 25.9 Å². The largest absolute Gasteiger partial charge is 0.493 e. The molecule has 1 saturated carbocycles. The second-order valence-corrected chi connectivity index (χ2v) is 7.45. The number of anilines is 1. The highest BCUT2D eigenvalue weighted by atomic mass is 19.1. The molecule has 1 heterocycles. The number of aryl methyl sites for hydroxylation is 1. The summed E-state index contributed by atoms with van der Waals surface area (Å²) < 4.78 is 29.9. The molecule has 0 radical (unpaired) electrons. The van der Waals surface area contributed by atoms with Crippen molar-refractivity contribution >= 4 is 11.6 Å². The molecule has 7 heteroatoms. The normalized spacial score (nSPS) is 17.4. The van der Waals surface area contributed by atoms with Crippen LogP contribution in [0.25, 0.3) is 0 Å². The van der Waals surface area contributed by atoms with Gasteiger partial charge in [-0.3, -0.25) is 4.79 Å². The lowest BCUT2D eigenvalue weighted by Gasteiger charge is -2.34. The molecule has 1 aliphatic rings. The predicted molar refractivity (Wildman–Crippen MR) is 114 cm³/mol. The molecule has 160 valence electrons. The Kier molecular flexibility index (Phi) is 6.02. The van der Waals surface area contributed by atoms with Crippen LogP contribution in [0.2, 0.25) is 0 Å². The van der Waals surface area contributed by atoms with Gasteiger partial charge in [-0.25, -0.2) is 9.37 Å². The van der Waals surface area contributed by atoms with E-state index in [1.165, 1.54) is 12.1 Å². The van der Waals surface area contributed by atoms with Crippen molar-refractivity contribution < 1.29 is 23.4 Å². The second-order valence-electron chi connectivity index (χ2n) is 7.45. The first-order valence-electron chi connectivity index (χ1n) is 10.0. The number of hydrogen-bond donors (Lipinski definition) is 1. The van der Waals surface area contributed by atoms with Gasteiger partial charge in [0.1, 0.15) is 17.7 Å². The molecule has 1 fully saturated rings. The van der Waals surface area contributed by atoms with Crippen molar-refractivity contribution in [1.82, 2.24) is 4.98 Å². The van der Waals surface area contributed by atoms with Gasteiger partial charge in [-0.2, -0.15) is 0 Å². The quantitative estimate of drug-likeness (QED) is 0.572. The maximum absolute atomic E-state index is 13.0. The van der Waals surface area contributed by atoms with E-state index in [0.717, 1.165) is 11.8 Å². The highest BCUT2D eigenvalue weighted by Gasteiger charge is 2.36. The SMILES string of the molecule is COc1ccccc1OC1CC(C(=O)Nc2ccc(Oc3ccc(F)cn3)c(C)c2)C1. The van der Waals surface area contributed by atoms with Gasteiger partial charge in [-0.05, 0) is 61.7 Å². The van der Waals surface area contributed by atoms with E-state index in [2.05, 4.69) is 10.3 Å². The number of amides is 1. The molecule has 0 saturated heterocycles. The van der Waals surface area contributed by atoms with Gasteiger partial charge in [0.05, 0.1) is 13.3 Å². The van der Waals surface area contributed by atoms with Gasteiger partial charge in [-0.1, -0.05) is 12.1 Å². The Bertz CT molecular complexity index is 1070. The number of nitrogens with zero attached hydrogens (tertiary/aromatic N) is 1. The Morgan fingerprint density at radius 2 is 1.84 bits per heavy atom. The number of carbonyl (C=O) groups excluding carboxylic acids is 1. The Labute approximate surface area is 180 Å². The molecule has 0 spiro atoms. The zero-order chi connectivity index (χ0) is 21.8. The van der Waals surface area contributed by atoms with Crippen molar-refractivity contribution in [2.24, 2.45) is 5.92 Å². The fourth-order valence-corrected chi connectivity index (χ4v) is 3.39. The van der Waals surface area contributed by atoms with Crippen LogP contribution in [0.3, 0.4) is 0 Å². The fraction of sp³-hybridized carbons (Fsp3) is 0.250. The van der Waals surface area contributed by atoms with Crippen LogP contribution >= 0.6 is 0 Å². The van der Waals surface area contributed by atoms with Crippen LogP contribution in [0.15, 0.2) is 60.8 Å². The zero-order valence-electron chi connectivity index (χ0n) is 17.3. The maximum Gasteiger partial charge on any atom is 0.227 e. The summed E-state index contributed by atoms with van der Waals surface area (Å²) in [5, 5.41) is 2.95. The first-order valence-corrected chi connectivity index (χ1v) is 10.0. The minimum absolute atomic E-state index is 0.00669. The minimum atomic E-state index is -0.423. The van der Waals surface area contributed by atoms with E-state index in [9.17, 15) is 9.18 Å². The number of ether oxygens (including phenoxy) is 3. The number of halogens is 1. The fourth-order valence-electron chi connectivity index (χ4n) is 3.39. The lowest BCUT2D eigenvalue weighted by atomic mass is 9.81. The van der Waals surface area contributed by atoms with Crippen LogP contribution < -0.4 is 19.5 Å². The Morgan fingerprint density at radius 3 is 2.52 bits per heavy atom. The van der Waals surface area contributed by atoms with E-state index in [1.807, 2.05) is 37.3 Å². The number of para-hydroxylation sites is 2. The third-order valence-corrected chi connectivity index (χ3v) is 5.19. The topological polar surface area (TPSA) is 69.7 Å². The third kappa shape index (κ3) is 4.94. The number of rotatable bonds is 7. The number of aromatic nitrogens is 1. The molecular weight excluding hydrogens is 399 g/mol. The van der Waals surface area contributed by atoms with E-state index in [-0.39, 0.29) is 17.9 Å². The van der Waals surface area contributed by atoms with Gasteiger partial charge in [-0.15, -0.1) is 0 Å². The van der Waals surface area contributed by atoms with Gasteiger partial charge >= 0.3 is 0 Å². The summed E-state index contributed by atoms with van der Waals surface area (Å²) in [6, 6.07) is 15.6. The Balaban J connectivity index is 1.30. The average molecular weight is 422 g/mol. The summed E-state index contributed by atoms with van der Waals surface area (Å²) in [6.07, 6.45) is 2.40. The Hall–Kier alpha value is -3.61. The predicted octanol–water partition coefficient (Wildman–Crippen LogP) is 5.13. The van der Waals surface area contributed by atoms with E-state index in [0.29, 0.717) is 41.7 Å². The summed E-state index contributed by atoms with van der Waals surface area (Å²) in [6.45, 7) is 1.87. The molecule has 0 unspecified atom stereocenters. The molecule has 4 rings (SSSR count). The van der Waals surface area contributed by atoms with Crippen molar-refractivity contribution in [1.29, 1.82) is 0 Å². The number of pyridine rings is 1. The van der Waals surface area contributed by atoms with E-state index < -0.39 is 5.82 Å². The van der Waals surface area contributed by atoms with Gasteiger partial charge < -0.3 is 19.5 Å². The van der Waals surface area contributed by atoms with Crippen LogP contribution in [-0.2, 0) is 4.79 Å². The zero-order valence-corrected chi connectivity index (χ0v) is 17.3. The highest BCUT2D eigenvalue weighted by molar-refractivity contribution is 5.93. The molecule has 0 aliphatic heterocycles. The minimum Gasteiger partial charge on any atom is -0.493 e. The van der Waals surface area contributed by atoms with Crippen molar-refractivity contribution in [3.8, 4) is 23.1 Å². The molecule has 1 aromatic heterocycles. The van der Waals surface area contributed by atoms with E-state index >= 15 is 0 Å². The first-order chi connectivity index (χ1) is 15.0. The van der Waals surface area contributed by atoms with Crippen LogP contribution in [0.1, 0.15) is 18.4 Å². The van der Waals surface area contributed by atoms with Crippen LogP contribution in [0.5, 0.6) is 23.1 Å². The molecule has 1 amide bonds. The van der Waals surface area contributed by atoms with Crippen LogP contribution in [-0.4, -0.2) is 24.1 Å². The molecule has 6 nitrogen and oxygen atoms in total. The number of methoxy groups -OCH3 is 1. The lowest BCUT2D eigenvalue weighted by Crippen LogP contribution is -2.40. The molecule has 0 atom stereocenters. The van der Waals surface area contributed by atoms with Crippen molar-refractivity contribution in [2.75, 3.05) is 12.4 Å². The van der Waals surface area contributed by atoms with E-state index in [4.69, 9.17) is 14.2 Å². The Morgan fingerprint density at radius 1 is 1.06 bits per heavy atom. The summed E-state index contributed by atoms with van der Waals surface area (Å²) in [7, 11) is 1.60. The number of benzene rings is 2. The highest BCUT2D eigenvalue weighted by Crippen LogP contribution is 2.36. The average Bonchev–Trinajstić information content (AvgIpc) is 2.74. The van der Waals surface area contributed by atoms with Crippen LogP contribution in [0, 0.1) is 18.7 Å². The summed E-state index contributed by atoms with van der Waals surface area (Å²) in [4.78, 5) is 16.5. The molecule has 0 bridgehead atoms. The second kappa shape index (κ2) is 9.04. The van der Waals surface area contributed by atoms with Crippen molar-refractivity contribution in [3.05, 3.63) is 72.2 Å². The number of nitrogens with one attached hydrogen (secondary N) is 1. The molecule has 31 heavy (non-hydrogen) atoms. The number of hydrogen-bond acceptors (Lipinski definition) is 5. The molecular formula is C24H23FN2O4. The summed E-state index contributed by atoms with van der Waals surface area (Å²) in [5.41, 5.74) is 1.52. The lowest BCUT2D eigenvalue weighted by molar-refractivity contribution is -0.125. The van der Waals surface area contributed by atoms with Crippen LogP contribution in [0.4, 0.5) is 10.1 Å². The van der Waals surface area contributed by atoms with Gasteiger partial charge in [0.15, 0.2) is 11.5 Å².